The molecule has 1 fully saturated rings. The van der Waals surface area contributed by atoms with Crippen LogP contribution in [0, 0.1) is 0 Å². The third kappa shape index (κ3) is 5.42. The number of likely N-dealkylation sites (tertiary alicyclic amines) is 1. The van der Waals surface area contributed by atoms with E-state index < -0.39 is 0 Å². The molecule has 1 heterocycles. The van der Waals surface area contributed by atoms with Crippen LogP contribution in [-0.4, -0.2) is 35.7 Å². The van der Waals surface area contributed by atoms with E-state index in [0.29, 0.717) is 25.1 Å². The van der Waals surface area contributed by atoms with E-state index in [9.17, 15) is 14.4 Å². The van der Waals surface area contributed by atoms with E-state index in [1.165, 1.54) is 0 Å². The van der Waals surface area contributed by atoms with Crippen molar-refractivity contribution in [2.45, 2.75) is 25.9 Å². The molecule has 0 spiro atoms. The molecule has 0 unspecified atom stereocenters. The van der Waals surface area contributed by atoms with Crippen molar-refractivity contribution in [3.8, 4) is 0 Å². The molecule has 3 rings (SSSR count). The van der Waals surface area contributed by atoms with Gasteiger partial charge in [0.15, 0.2) is 0 Å². The summed E-state index contributed by atoms with van der Waals surface area (Å²) < 4.78 is 0.885. The molecule has 0 bridgehead atoms. The van der Waals surface area contributed by atoms with Gasteiger partial charge in [0, 0.05) is 36.1 Å². The minimum atomic E-state index is -0.296. The number of hydrogen-bond acceptors (Lipinski definition) is 3. The lowest BCUT2D eigenvalue weighted by atomic mass is 10.1. The molecule has 2 aromatic rings. The van der Waals surface area contributed by atoms with Crippen molar-refractivity contribution in [3.05, 3.63) is 69.7 Å². The van der Waals surface area contributed by atoms with Gasteiger partial charge in [0.05, 0.1) is 6.54 Å². The van der Waals surface area contributed by atoms with E-state index in [1.54, 1.807) is 24.3 Å². The maximum Gasteiger partial charge on any atom is 0.251 e. The van der Waals surface area contributed by atoms with Crippen molar-refractivity contribution >= 4 is 33.7 Å². The van der Waals surface area contributed by atoms with Gasteiger partial charge in [0.2, 0.25) is 11.8 Å². The summed E-state index contributed by atoms with van der Waals surface area (Å²) in [5.41, 5.74) is 2.49. The van der Waals surface area contributed by atoms with Crippen LogP contribution in [0.4, 0.5) is 0 Å². The van der Waals surface area contributed by atoms with Crippen LogP contribution in [0.1, 0.15) is 34.3 Å². The van der Waals surface area contributed by atoms with Gasteiger partial charge in [-0.25, -0.2) is 0 Å². The topological polar surface area (TPSA) is 78.5 Å². The number of nitrogens with zero attached hydrogens (tertiary/aromatic N) is 1. The Morgan fingerprint density at radius 3 is 2.39 bits per heavy atom. The van der Waals surface area contributed by atoms with Crippen molar-refractivity contribution in [3.63, 3.8) is 0 Å². The van der Waals surface area contributed by atoms with Gasteiger partial charge in [-0.15, -0.1) is 0 Å². The summed E-state index contributed by atoms with van der Waals surface area (Å²) in [5, 5.41) is 5.44. The molecule has 2 N–H and O–H groups in total. The SMILES string of the molecule is O=C(CNC(=O)c1ccc(Br)cc1)NCc1ccccc1CN1CCCC1=O. The minimum Gasteiger partial charge on any atom is -0.350 e. The van der Waals surface area contributed by atoms with Crippen molar-refractivity contribution < 1.29 is 14.4 Å². The molecule has 0 aliphatic carbocycles. The molecule has 28 heavy (non-hydrogen) atoms. The molecule has 6 nitrogen and oxygen atoms in total. The van der Waals surface area contributed by atoms with Gasteiger partial charge in [-0.1, -0.05) is 40.2 Å². The van der Waals surface area contributed by atoms with Crippen LogP contribution in [0.5, 0.6) is 0 Å². The van der Waals surface area contributed by atoms with Crippen LogP contribution in [0.15, 0.2) is 53.0 Å². The van der Waals surface area contributed by atoms with Crippen LogP contribution in [0.2, 0.25) is 0 Å². The Morgan fingerprint density at radius 1 is 1.00 bits per heavy atom. The number of halogens is 1. The predicted molar refractivity (Wildman–Crippen MR) is 109 cm³/mol. The summed E-state index contributed by atoms with van der Waals surface area (Å²) in [6.07, 6.45) is 1.51. The van der Waals surface area contributed by atoms with Crippen molar-refractivity contribution in [2.24, 2.45) is 0 Å². The zero-order valence-electron chi connectivity index (χ0n) is 15.4. The smallest absolute Gasteiger partial charge is 0.251 e. The lowest BCUT2D eigenvalue weighted by Gasteiger charge is -2.18. The second kappa shape index (κ2) is 9.50. The molecule has 0 atom stereocenters. The van der Waals surface area contributed by atoms with Gasteiger partial charge in [0.1, 0.15) is 0 Å². The normalized spacial score (nSPS) is 13.5. The summed E-state index contributed by atoms with van der Waals surface area (Å²) in [6, 6.07) is 14.7. The number of amides is 3. The summed E-state index contributed by atoms with van der Waals surface area (Å²) in [4.78, 5) is 37.9. The average molecular weight is 444 g/mol. The number of nitrogens with one attached hydrogen (secondary N) is 2. The number of carbonyl (C=O) groups excluding carboxylic acids is 3. The summed E-state index contributed by atoms with van der Waals surface area (Å²) in [6.45, 7) is 1.60. The fourth-order valence-electron chi connectivity index (χ4n) is 3.08. The first kappa shape index (κ1) is 20.1. The monoisotopic (exact) mass is 443 g/mol. The van der Waals surface area contributed by atoms with E-state index >= 15 is 0 Å². The Balaban J connectivity index is 1.50. The molecule has 1 aliphatic heterocycles. The third-order valence-corrected chi connectivity index (χ3v) is 5.17. The largest absolute Gasteiger partial charge is 0.350 e. The highest BCUT2D eigenvalue weighted by molar-refractivity contribution is 9.10. The molecule has 1 aliphatic rings. The van der Waals surface area contributed by atoms with E-state index in [4.69, 9.17) is 0 Å². The van der Waals surface area contributed by atoms with Gasteiger partial charge in [-0.05, 0) is 41.8 Å². The molecule has 2 aromatic carbocycles. The van der Waals surface area contributed by atoms with Crippen LogP contribution in [0.3, 0.4) is 0 Å². The Labute approximate surface area is 172 Å². The minimum absolute atomic E-state index is 0.0956. The molecule has 1 saturated heterocycles. The maximum absolute atomic E-state index is 12.1. The van der Waals surface area contributed by atoms with E-state index in [1.807, 2.05) is 29.2 Å². The highest BCUT2D eigenvalue weighted by Gasteiger charge is 2.20. The number of hydrogen-bond donors (Lipinski definition) is 2. The van der Waals surface area contributed by atoms with Crippen molar-refractivity contribution in [1.82, 2.24) is 15.5 Å². The lowest BCUT2D eigenvalue weighted by Crippen LogP contribution is -2.36. The standard InChI is InChI=1S/C21H22BrN3O3/c22-18-9-7-15(8-10-18)21(28)24-13-19(26)23-12-16-4-1-2-5-17(16)14-25-11-3-6-20(25)27/h1-2,4-5,7-10H,3,6,11-14H2,(H,23,26)(H,24,28). The highest BCUT2D eigenvalue weighted by Crippen LogP contribution is 2.17. The van der Waals surface area contributed by atoms with E-state index in [0.717, 1.165) is 28.6 Å². The molecular formula is C21H22BrN3O3. The zero-order valence-corrected chi connectivity index (χ0v) is 17.0. The molecule has 3 amide bonds. The second-order valence-electron chi connectivity index (χ2n) is 6.65. The van der Waals surface area contributed by atoms with E-state index in [-0.39, 0.29) is 24.3 Å². The molecule has 0 radical (unpaired) electrons. The molecule has 0 saturated carbocycles. The van der Waals surface area contributed by atoms with Crippen LogP contribution in [-0.2, 0) is 22.7 Å². The molecule has 0 aromatic heterocycles. The first-order valence-electron chi connectivity index (χ1n) is 9.18. The van der Waals surface area contributed by atoms with Gasteiger partial charge in [-0.3, -0.25) is 14.4 Å². The van der Waals surface area contributed by atoms with Crippen molar-refractivity contribution in [1.29, 1.82) is 0 Å². The third-order valence-electron chi connectivity index (χ3n) is 4.64. The Bertz CT molecular complexity index is 867. The Hall–Kier alpha value is -2.67. The Kier molecular flexibility index (Phi) is 6.81. The van der Waals surface area contributed by atoms with Gasteiger partial charge in [0.25, 0.3) is 5.91 Å². The van der Waals surface area contributed by atoms with Gasteiger partial charge in [-0.2, -0.15) is 0 Å². The second-order valence-corrected chi connectivity index (χ2v) is 7.57. The Morgan fingerprint density at radius 2 is 1.71 bits per heavy atom. The predicted octanol–water partition coefficient (Wildman–Crippen LogP) is 2.62. The highest BCUT2D eigenvalue weighted by atomic mass is 79.9. The fourth-order valence-corrected chi connectivity index (χ4v) is 3.35. The molecule has 146 valence electrons. The van der Waals surface area contributed by atoms with Crippen LogP contribution in [0.25, 0.3) is 0 Å². The average Bonchev–Trinajstić information content (AvgIpc) is 3.10. The fraction of sp³-hybridized carbons (Fsp3) is 0.286. The first-order valence-corrected chi connectivity index (χ1v) is 9.97. The van der Waals surface area contributed by atoms with Gasteiger partial charge < -0.3 is 15.5 Å². The maximum atomic E-state index is 12.1. The summed E-state index contributed by atoms with van der Waals surface area (Å²) >= 11 is 3.32. The summed E-state index contributed by atoms with van der Waals surface area (Å²) in [5.74, 6) is -0.386. The number of rotatable bonds is 7. The number of carbonyl (C=O) groups is 3. The lowest BCUT2D eigenvalue weighted by molar-refractivity contribution is -0.128. The molecular weight excluding hydrogens is 422 g/mol. The zero-order chi connectivity index (χ0) is 19.9. The molecule has 7 heteroatoms. The quantitative estimate of drug-likeness (QED) is 0.690. The van der Waals surface area contributed by atoms with Gasteiger partial charge >= 0.3 is 0 Å². The summed E-state index contributed by atoms with van der Waals surface area (Å²) in [7, 11) is 0. The van der Waals surface area contributed by atoms with Crippen LogP contribution >= 0.6 is 15.9 Å². The van der Waals surface area contributed by atoms with Crippen molar-refractivity contribution in [2.75, 3.05) is 13.1 Å². The first-order chi connectivity index (χ1) is 13.5. The van der Waals surface area contributed by atoms with Crippen LogP contribution < -0.4 is 10.6 Å². The number of benzene rings is 2. The van der Waals surface area contributed by atoms with E-state index in [2.05, 4.69) is 26.6 Å².